The van der Waals surface area contributed by atoms with Gasteiger partial charge in [0.25, 0.3) is 0 Å². The van der Waals surface area contributed by atoms with Crippen molar-refractivity contribution in [3.8, 4) is 16.9 Å². The summed E-state index contributed by atoms with van der Waals surface area (Å²) in [6.45, 7) is 0. The highest BCUT2D eigenvalue weighted by Crippen LogP contribution is 2.41. The molecule has 3 aromatic heterocycles. The van der Waals surface area contributed by atoms with Crippen LogP contribution < -0.4 is 5.01 Å². The van der Waals surface area contributed by atoms with Crippen molar-refractivity contribution in [2.24, 2.45) is 5.10 Å². The third-order valence-corrected chi connectivity index (χ3v) is 6.71. The Bertz CT molecular complexity index is 1380. The summed E-state index contributed by atoms with van der Waals surface area (Å²) in [5, 5.41) is 14.3. The molecule has 1 unspecified atom stereocenters. The molecule has 6 rings (SSSR count). The lowest BCUT2D eigenvalue weighted by molar-refractivity contribution is 0.710. The molecule has 0 radical (unpaired) electrons. The van der Waals surface area contributed by atoms with Crippen LogP contribution in [-0.2, 0) is 0 Å². The lowest BCUT2D eigenvalue weighted by atomic mass is 9.98. The highest BCUT2D eigenvalue weighted by molar-refractivity contribution is 7.12. The Balaban J connectivity index is 1.50. The molecule has 4 heterocycles. The quantitative estimate of drug-likeness (QED) is 0.315. The molecule has 160 valence electrons. The predicted molar refractivity (Wildman–Crippen MR) is 134 cm³/mol. The average molecular weight is 448 g/mol. The van der Waals surface area contributed by atoms with Crippen molar-refractivity contribution in [1.82, 2.24) is 14.8 Å². The Morgan fingerprint density at radius 1 is 0.818 bits per heavy atom. The number of rotatable bonds is 5. The van der Waals surface area contributed by atoms with E-state index < -0.39 is 0 Å². The lowest BCUT2D eigenvalue weighted by Gasteiger charge is -2.23. The van der Waals surface area contributed by atoms with Crippen LogP contribution in [0.25, 0.3) is 16.9 Å². The van der Waals surface area contributed by atoms with Crippen LogP contribution in [0, 0.1) is 0 Å². The van der Waals surface area contributed by atoms with Gasteiger partial charge in [-0.1, -0.05) is 42.5 Å². The Kier molecular flexibility index (Phi) is 5.05. The molecule has 1 aliphatic rings. The van der Waals surface area contributed by atoms with Crippen molar-refractivity contribution in [3.63, 3.8) is 0 Å². The topological polar surface area (TPSA) is 46.3 Å². The number of hydrogen-bond acceptors (Lipinski definition) is 5. The van der Waals surface area contributed by atoms with Crippen molar-refractivity contribution in [2.45, 2.75) is 12.5 Å². The standard InChI is InChI=1S/C27H21N5S/c1-3-10-21(11-4-1)31-19-23(27(30-31)20-9-7-15-28-18-20)25-17-24(26-14-8-16-33-26)29-32(25)22-12-5-2-6-13-22/h1-16,18-19,25H,17H2. The van der Waals surface area contributed by atoms with Gasteiger partial charge in [-0.3, -0.25) is 9.99 Å². The van der Waals surface area contributed by atoms with E-state index in [0.29, 0.717) is 0 Å². The van der Waals surface area contributed by atoms with Gasteiger partial charge in [-0.25, -0.2) is 4.68 Å². The van der Waals surface area contributed by atoms with Gasteiger partial charge in [0.1, 0.15) is 0 Å². The zero-order chi connectivity index (χ0) is 22.0. The van der Waals surface area contributed by atoms with E-state index in [4.69, 9.17) is 10.2 Å². The first-order valence-electron chi connectivity index (χ1n) is 10.9. The van der Waals surface area contributed by atoms with Gasteiger partial charge >= 0.3 is 0 Å². The lowest BCUT2D eigenvalue weighted by Crippen LogP contribution is -2.18. The van der Waals surface area contributed by atoms with E-state index in [-0.39, 0.29) is 6.04 Å². The first-order chi connectivity index (χ1) is 16.4. The molecule has 0 amide bonds. The van der Waals surface area contributed by atoms with E-state index in [2.05, 4.69) is 76.2 Å². The van der Waals surface area contributed by atoms with Crippen LogP contribution in [0.2, 0.25) is 0 Å². The van der Waals surface area contributed by atoms with Gasteiger partial charge in [0.05, 0.1) is 33.7 Å². The normalized spacial score (nSPS) is 15.6. The molecule has 0 spiro atoms. The van der Waals surface area contributed by atoms with Gasteiger partial charge in [-0.05, 0) is 47.8 Å². The van der Waals surface area contributed by atoms with Crippen LogP contribution in [0.4, 0.5) is 5.69 Å². The first kappa shape index (κ1) is 19.6. The van der Waals surface area contributed by atoms with Crippen molar-refractivity contribution in [3.05, 3.63) is 119 Å². The maximum absolute atomic E-state index is 5.08. The molecule has 6 heteroatoms. The highest BCUT2D eigenvalue weighted by Gasteiger charge is 2.33. The number of pyridine rings is 1. The minimum absolute atomic E-state index is 0.0252. The van der Waals surface area contributed by atoms with Gasteiger partial charge in [-0.2, -0.15) is 10.2 Å². The van der Waals surface area contributed by atoms with E-state index in [1.54, 1.807) is 17.5 Å². The van der Waals surface area contributed by atoms with Crippen molar-refractivity contribution in [2.75, 3.05) is 5.01 Å². The molecular weight excluding hydrogens is 426 g/mol. The molecular formula is C27H21N5S. The third-order valence-electron chi connectivity index (χ3n) is 5.79. The highest BCUT2D eigenvalue weighted by atomic mass is 32.1. The van der Waals surface area contributed by atoms with E-state index in [1.807, 2.05) is 41.2 Å². The summed E-state index contributed by atoms with van der Waals surface area (Å²) in [6, 6.07) is 28.9. The maximum atomic E-state index is 5.08. The largest absolute Gasteiger partial charge is 0.264 e. The summed E-state index contributed by atoms with van der Waals surface area (Å²) < 4.78 is 1.96. The number of nitrogens with zero attached hydrogens (tertiary/aromatic N) is 5. The Hall–Kier alpha value is -4.03. The van der Waals surface area contributed by atoms with Gasteiger partial charge < -0.3 is 0 Å². The molecule has 2 aromatic carbocycles. The van der Waals surface area contributed by atoms with Gasteiger partial charge in [0.15, 0.2) is 0 Å². The molecule has 0 bridgehead atoms. The molecule has 0 saturated heterocycles. The second-order valence-corrected chi connectivity index (χ2v) is 8.83. The molecule has 1 aliphatic heterocycles. The minimum atomic E-state index is 0.0252. The van der Waals surface area contributed by atoms with E-state index in [1.165, 1.54) is 4.88 Å². The SMILES string of the molecule is c1ccc(N2N=C(c3cccs3)CC2c2cn(-c3ccccc3)nc2-c2cccnc2)cc1. The van der Waals surface area contributed by atoms with Gasteiger partial charge in [0, 0.05) is 36.1 Å². The summed E-state index contributed by atoms with van der Waals surface area (Å²) >= 11 is 1.73. The van der Waals surface area contributed by atoms with Gasteiger partial charge in [-0.15, -0.1) is 11.3 Å². The zero-order valence-corrected chi connectivity index (χ0v) is 18.6. The number of para-hydroxylation sites is 2. The number of aromatic nitrogens is 3. The van der Waals surface area contributed by atoms with E-state index in [0.717, 1.165) is 40.3 Å². The van der Waals surface area contributed by atoms with Crippen molar-refractivity contribution < 1.29 is 0 Å². The van der Waals surface area contributed by atoms with Crippen LogP contribution >= 0.6 is 11.3 Å². The molecule has 5 aromatic rings. The fourth-order valence-corrected chi connectivity index (χ4v) is 4.96. The Morgan fingerprint density at radius 3 is 2.30 bits per heavy atom. The molecule has 5 nitrogen and oxygen atoms in total. The first-order valence-corrected chi connectivity index (χ1v) is 11.8. The average Bonchev–Trinajstić information content (AvgIpc) is 3.65. The second kappa shape index (κ2) is 8.48. The third kappa shape index (κ3) is 3.75. The summed E-state index contributed by atoms with van der Waals surface area (Å²) in [7, 11) is 0. The van der Waals surface area contributed by atoms with Crippen LogP contribution in [0.3, 0.4) is 0 Å². The van der Waals surface area contributed by atoms with Crippen LogP contribution in [0.1, 0.15) is 22.9 Å². The fraction of sp³-hybridized carbons (Fsp3) is 0.0741. The molecule has 0 fully saturated rings. The molecule has 0 saturated carbocycles. The summed E-state index contributed by atoms with van der Waals surface area (Å²) in [5.74, 6) is 0. The number of thiophene rings is 1. The summed E-state index contributed by atoms with van der Waals surface area (Å²) in [6.07, 6.45) is 6.62. The number of hydrogen-bond donors (Lipinski definition) is 0. The maximum Gasteiger partial charge on any atom is 0.0996 e. The summed E-state index contributed by atoms with van der Waals surface area (Å²) in [5.41, 5.74) is 6.26. The van der Waals surface area contributed by atoms with Crippen LogP contribution in [0.15, 0.2) is 114 Å². The molecule has 0 aliphatic carbocycles. The van der Waals surface area contributed by atoms with Crippen molar-refractivity contribution >= 4 is 22.7 Å². The smallest absolute Gasteiger partial charge is 0.0996 e. The monoisotopic (exact) mass is 447 g/mol. The van der Waals surface area contributed by atoms with E-state index >= 15 is 0 Å². The van der Waals surface area contributed by atoms with Crippen LogP contribution in [0.5, 0.6) is 0 Å². The molecule has 0 N–H and O–H groups in total. The second-order valence-electron chi connectivity index (χ2n) is 7.88. The number of anilines is 1. The molecule has 33 heavy (non-hydrogen) atoms. The molecule has 1 atom stereocenters. The van der Waals surface area contributed by atoms with Crippen molar-refractivity contribution in [1.29, 1.82) is 0 Å². The number of hydrazone groups is 1. The predicted octanol–water partition coefficient (Wildman–Crippen LogP) is 6.35. The number of benzene rings is 2. The van der Waals surface area contributed by atoms with Crippen LogP contribution in [-0.4, -0.2) is 20.5 Å². The minimum Gasteiger partial charge on any atom is -0.264 e. The Morgan fingerprint density at radius 2 is 1.61 bits per heavy atom. The fourth-order valence-electron chi connectivity index (χ4n) is 4.23. The zero-order valence-electron chi connectivity index (χ0n) is 17.8. The summed E-state index contributed by atoms with van der Waals surface area (Å²) in [4.78, 5) is 5.56. The van der Waals surface area contributed by atoms with E-state index in [9.17, 15) is 0 Å². The Labute approximate surface area is 196 Å². The van der Waals surface area contributed by atoms with Gasteiger partial charge in [0.2, 0.25) is 0 Å².